The van der Waals surface area contributed by atoms with Crippen molar-refractivity contribution in [1.29, 1.82) is 0 Å². The third-order valence-electron chi connectivity index (χ3n) is 3.72. The number of aliphatic hydroxyl groups is 1. The summed E-state index contributed by atoms with van der Waals surface area (Å²) < 4.78 is 0. The Morgan fingerprint density at radius 1 is 1.29 bits per heavy atom. The van der Waals surface area contributed by atoms with Crippen LogP contribution in [-0.2, 0) is 4.79 Å². The van der Waals surface area contributed by atoms with Gasteiger partial charge in [-0.25, -0.2) is 0 Å². The van der Waals surface area contributed by atoms with Crippen LogP contribution in [0.5, 0.6) is 0 Å². The molecule has 0 heterocycles. The van der Waals surface area contributed by atoms with Crippen LogP contribution in [0.15, 0.2) is 24.3 Å². The number of aliphatic hydroxyl groups excluding tert-OH is 1. The smallest absolute Gasteiger partial charge is 0.238 e. The van der Waals surface area contributed by atoms with E-state index in [2.05, 4.69) is 31.3 Å². The summed E-state index contributed by atoms with van der Waals surface area (Å²) in [6.45, 7) is 7.17. The molecule has 2 unspecified atom stereocenters. The van der Waals surface area contributed by atoms with Crippen molar-refractivity contribution in [1.82, 2.24) is 4.90 Å². The van der Waals surface area contributed by atoms with E-state index in [1.807, 2.05) is 24.1 Å². The van der Waals surface area contributed by atoms with Crippen LogP contribution in [0, 0.1) is 0 Å². The second kappa shape index (κ2) is 8.80. The van der Waals surface area contributed by atoms with Gasteiger partial charge in [-0.1, -0.05) is 26.0 Å². The number of benzene rings is 1. The summed E-state index contributed by atoms with van der Waals surface area (Å²) in [5.74, 6) is 0.515. The summed E-state index contributed by atoms with van der Waals surface area (Å²) in [6.07, 6.45) is 1.45. The molecule has 0 aliphatic heterocycles. The minimum atomic E-state index is -0.330. The first kappa shape index (κ1) is 17.7. The minimum absolute atomic E-state index is 0.0283. The lowest BCUT2D eigenvalue weighted by atomic mass is 9.99. The molecule has 21 heavy (non-hydrogen) atoms. The molecule has 1 amide bonds. The van der Waals surface area contributed by atoms with Crippen molar-refractivity contribution < 1.29 is 9.90 Å². The van der Waals surface area contributed by atoms with Crippen LogP contribution in [0.4, 0.5) is 5.69 Å². The minimum Gasteiger partial charge on any atom is -0.393 e. The Morgan fingerprint density at radius 3 is 2.43 bits per heavy atom. The fourth-order valence-corrected chi connectivity index (χ4v) is 2.06. The monoisotopic (exact) mass is 292 g/mol. The highest BCUT2D eigenvalue weighted by molar-refractivity contribution is 5.92. The predicted octanol–water partition coefficient (Wildman–Crippen LogP) is 2.84. The summed E-state index contributed by atoms with van der Waals surface area (Å²) in [5, 5.41) is 12.1. The number of nitrogens with one attached hydrogen (secondary N) is 1. The zero-order chi connectivity index (χ0) is 15.8. The van der Waals surface area contributed by atoms with E-state index in [1.165, 1.54) is 5.56 Å². The van der Waals surface area contributed by atoms with Crippen LogP contribution in [-0.4, -0.2) is 42.2 Å². The number of likely N-dealkylation sites (N-methyl/N-ethyl adjacent to an activating group) is 1. The van der Waals surface area contributed by atoms with Crippen molar-refractivity contribution in [3.8, 4) is 0 Å². The highest BCUT2D eigenvalue weighted by Crippen LogP contribution is 2.20. The Balaban J connectivity index is 2.44. The van der Waals surface area contributed by atoms with Crippen LogP contribution in [0.1, 0.15) is 45.1 Å². The Labute approximate surface area is 128 Å². The molecule has 0 aliphatic carbocycles. The first-order valence-electron chi connectivity index (χ1n) is 7.68. The van der Waals surface area contributed by atoms with E-state index < -0.39 is 0 Å². The average Bonchev–Trinajstić information content (AvgIpc) is 2.45. The maximum absolute atomic E-state index is 11.9. The van der Waals surface area contributed by atoms with Gasteiger partial charge in [-0.05, 0) is 50.4 Å². The van der Waals surface area contributed by atoms with Crippen molar-refractivity contribution in [3.05, 3.63) is 29.8 Å². The Kier molecular flexibility index (Phi) is 7.40. The molecule has 1 rings (SSSR count). The molecule has 0 bridgehead atoms. The molecular weight excluding hydrogens is 264 g/mol. The number of anilines is 1. The van der Waals surface area contributed by atoms with Crippen LogP contribution < -0.4 is 5.32 Å². The summed E-state index contributed by atoms with van der Waals surface area (Å²) >= 11 is 0. The van der Waals surface area contributed by atoms with E-state index in [-0.39, 0.29) is 12.0 Å². The molecule has 4 nitrogen and oxygen atoms in total. The van der Waals surface area contributed by atoms with E-state index in [9.17, 15) is 9.90 Å². The zero-order valence-corrected chi connectivity index (χ0v) is 13.6. The molecule has 1 aromatic rings. The third-order valence-corrected chi connectivity index (χ3v) is 3.72. The molecule has 0 aliphatic rings. The SMILES string of the molecule is CCC(C)c1ccc(NC(=O)CN(C)CCC(C)O)cc1. The lowest BCUT2D eigenvalue weighted by molar-refractivity contribution is -0.117. The summed E-state index contributed by atoms with van der Waals surface area (Å²) in [7, 11) is 1.88. The zero-order valence-electron chi connectivity index (χ0n) is 13.6. The van der Waals surface area contributed by atoms with E-state index >= 15 is 0 Å². The molecule has 2 N–H and O–H groups in total. The van der Waals surface area contributed by atoms with Crippen LogP contribution in [0.3, 0.4) is 0 Å². The quantitative estimate of drug-likeness (QED) is 0.774. The standard InChI is InChI=1S/C17H28N2O2/c1-5-13(2)15-6-8-16(9-7-15)18-17(21)12-19(4)11-10-14(3)20/h6-9,13-14,20H,5,10-12H2,1-4H3,(H,18,21). The largest absolute Gasteiger partial charge is 0.393 e. The van der Waals surface area contributed by atoms with Gasteiger partial charge in [0.15, 0.2) is 0 Å². The van der Waals surface area contributed by atoms with Gasteiger partial charge in [0.2, 0.25) is 5.91 Å². The molecule has 0 saturated carbocycles. The topological polar surface area (TPSA) is 52.6 Å². The lowest BCUT2D eigenvalue weighted by Crippen LogP contribution is -2.32. The van der Waals surface area contributed by atoms with Crippen molar-refractivity contribution in [3.63, 3.8) is 0 Å². The number of hydrogen-bond acceptors (Lipinski definition) is 3. The Hall–Kier alpha value is -1.39. The summed E-state index contributed by atoms with van der Waals surface area (Å²) in [4.78, 5) is 13.8. The number of amides is 1. The number of carbonyl (C=O) groups excluding carboxylic acids is 1. The summed E-state index contributed by atoms with van der Waals surface area (Å²) in [5.41, 5.74) is 2.13. The van der Waals surface area contributed by atoms with Gasteiger partial charge in [0, 0.05) is 12.2 Å². The molecule has 0 spiro atoms. The van der Waals surface area contributed by atoms with Gasteiger partial charge >= 0.3 is 0 Å². The maximum atomic E-state index is 11.9. The van der Waals surface area contributed by atoms with Gasteiger partial charge < -0.3 is 10.4 Å². The molecule has 4 heteroatoms. The van der Waals surface area contributed by atoms with Crippen molar-refractivity contribution in [2.45, 2.75) is 45.6 Å². The number of nitrogens with zero attached hydrogens (tertiary/aromatic N) is 1. The molecule has 118 valence electrons. The third kappa shape index (κ3) is 6.74. The fraction of sp³-hybridized carbons (Fsp3) is 0.588. The maximum Gasteiger partial charge on any atom is 0.238 e. The molecule has 0 fully saturated rings. The Morgan fingerprint density at radius 2 is 1.90 bits per heavy atom. The van der Waals surface area contributed by atoms with Gasteiger partial charge in [0.05, 0.1) is 12.6 Å². The average molecular weight is 292 g/mol. The molecule has 2 atom stereocenters. The fourth-order valence-electron chi connectivity index (χ4n) is 2.06. The highest BCUT2D eigenvalue weighted by Gasteiger charge is 2.08. The number of hydrogen-bond donors (Lipinski definition) is 2. The van der Waals surface area contributed by atoms with Gasteiger partial charge in [-0.3, -0.25) is 9.69 Å². The van der Waals surface area contributed by atoms with E-state index in [1.54, 1.807) is 6.92 Å². The molecule has 1 aromatic carbocycles. The van der Waals surface area contributed by atoms with Gasteiger partial charge in [-0.2, -0.15) is 0 Å². The molecular formula is C17H28N2O2. The highest BCUT2D eigenvalue weighted by atomic mass is 16.3. The first-order valence-corrected chi connectivity index (χ1v) is 7.68. The Bertz CT molecular complexity index is 429. The lowest BCUT2D eigenvalue weighted by Gasteiger charge is -2.17. The number of rotatable bonds is 8. The normalized spacial score (nSPS) is 14.0. The van der Waals surface area contributed by atoms with E-state index in [0.29, 0.717) is 25.4 Å². The van der Waals surface area contributed by atoms with Gasteiger partial charge in [0.1, 0.15) is 0 Å². The van der Waals surface area contributed by atoms with Crippen molar-refractivity contribution >= 4 is 11.6 Å². The van der Waals surface area contributed by atoms with Gasteiger partial charge in [0.25, 0.3) is 0 Å². The van der Waals surface area contributed by atoms with Crippen LogP contribution in [0.25, 0.3) is 0 Å². The molecule has 0 saturated heterocycles. The number of carbonyl (C=O) groups is 1. The van der Waals surface area contributed by atoms with Crippen molar-refractivity contribution in [2.75, 3.05) is 25.5 Å². The first-order chi connectivity index (χ1) is 9.92. The van der Waals surface area contributed by atoms with E-state index in [4.69, 9.17) is 0 Å². The second-order valence-electron chi connectivity index (χ2n) is 5.85. The molecule has 0 radical (unpaired) electrons. The van der Waals surface area contributed by atoms with Crippen molar-refractivity contribution in [2.24, 2.45) is 0 Å². The second-order valence-corrected chi connectivity index (χ2v) is 5.85. The van der Waals surface area contributed by atoms with E-state index in [0.717, 1.165) is 12.1 Å². The van der Waals surface area contributed by atoms with Crippen LogP contribution in [0.2, 0.25) is 0 Å². The molecule has 0 aromatic heterocycles. The predicted molar refractivity (Wildman–Crippen MR) is 87.6 cm³/mol. The van der Waals surface area contributed by atoms with Crippen LogP contribution >= 0.6 is 0 Å². The van der Waals surface area contributed by atoms with Gasteiger partial charge in [-0.15, -0.1) is 0 Å². The summed E-state index contributed by atoms with van der Waals surface area (Å²) in [6, 6.07) is 8.05.